The second-order valence-electron chi connectivity index (χ2n) is 8.42. The second-order valence-corrected chi connectivity index (χ2v) is 10.3. The summed E-state index contributed by atoms with van der Waals surface area (Å²) in [5.41, 5.74) is 1.04. The van der Waals surface area contributed by atoms with Gasteiger partial charge in [-0.1, -0.05) is 37.1 Å². The van der Waals surface area contributed by atoms with Gasteiger partial charge >= 0.3 is 0 Å². The van der Waals surface area contributed by atoms with Crippen LogP contribution >= 0.6 is 0 Å². The Labute approximate surface area is 186 Å². The van der Waals surface area contributed by atoms with Gasteiger partial charge in [0.2, 0.25) is 15.9 Å². The van der Waals surface area contributed by atoms with E-state index in [4.69, 9.17) is 9.47 Å². The molecule has 0 bridgehead atoms. The zero-order valence-corrected chi connectivity index (χ0v) is 18.3. The number of hydrogen-bond acceptors (Lipinski definition) is 6. The minimum Gasteiger partial charge on any atom is -0.486 e. The van der Waals surface area contributed by atoms with E-state index in [0.29, 0.717) is 40.1 Å². The summed E-state index contributed by atoms with van der Waals surface area (Å²) in [5.74, 6) is -0.155. The van der Waals surface area contributed by atoms with Crippen molar-refractivity contribution in [3.05, 3.63) is 59.2 Å². The molecule has 8 nitrogen and oxygen atoms in total. The van der Waals surface area contributed by atoms with Crippen molar-refractivity contribution in [2.24, 2.45) is 0 Å². The van der Waals surface area contributed by atoms with Crippen molar-refractivity contribution in [3.63, 3.8) is 0 Å². The maximum absolute atomic E-state index is 13.1. The van der Waals surface area contributed by atoms with Gasteiger partial charge in [0.15, 0.2) is 11.5 Å². The van der Waals surface area contributed by atoms with Crippen molar-refractivity contribution in [2.45, 2.75) is 37.0 Å². The Bertz CT molecular complexity index is 1190. The fourth-order valence-corrected chi connectivity index (χ4v) is 6.27. The third-order valence-corrected chi connectivity index (χ3v) is 8.01. The molecular weight excluding hydrogens is 432 g/mol. The lowest BCUT2D eigenvalue weighted by Gasteiger charge is -2.34. The molecule has 0 saturated heterocycles. The molecule has 32 heavy (non-hydrogen) atoms. The van der Waals surface area contributed by atoms with Crippen LogP contribution in [0.5, 0.6) is 11.5 Å². The van der Waals surface area contributed by atoms with Gasteiger partial charge in [-0.25, -0.2) is 12.7 Å². The molecule has 2 aromatic rings. The Balaban J connectivity index is 1.39. The van der Waals surface area contributed by atoms with E-state index in [1.54, 1.807) is 24.3 Å². The van der Waals surface area contributed by atoms with Crippen LogP contribution in [-0.4, -0.2) is 44.3 Å². The molecule has 1 fully saturated rings. The number of hydrogen-bond donors (Lipinski definition) is 1. The van der Waals surface area contributed by atoms with Gasteiger partial charge in [-0.15, -0.1) is 0 Å². The SMILES string of the molecule is O=C(CN1C(=O)c2ccccc2CS1(=O)=O)NC1(c2ccc3c(c2)OCCO3)CCCC1. The Morgan fingerprint density at radius 3 is 2.53 bits per heavy atom. The average Bonchev–Trinajstić information content (AvgIpc) is 3.25. The van der Waals surface area contributed by atoms with E-state index in [1.165, 1.54) is 0 Å². The van der Waals surface area contributed by atoms with E-state index < -0.39 is 33.9 Å². The lowest BCUT2D eigenvalue weighted by atomic mass is 9.87. The molecule has 0 aromatic heterocycles. The van der Waals surface area contributed by atoms with Crippen molar-refractivity contribution >= 4 is 21.8 Å². The van der Waals surface area contributed by atoms with E-state index in [-0.39, 0.29) is 5.75 Å². The Morgan fingerprint density at radius 2 is 1.75 bits per heavy atom. The molecule has 2 aliphatic heterocycles. The van der Waals surface area contributed by atoms with Crippen LogP contribution in [-0.2, 0) is 26.1 Å². The Morgan fingerprint density at radius 1 is 1.03 bits per heavy atom. The number of rotatable bonds is 4. The summed E-state index contributed by atoms with van der Waals surface area (Å²) >= 11 is 0. The molecule has 3 aliphatic rings. The minimum atomic E-state index is -3.92. The molecule has 0 radical (unpaired) electrons. The first kappa shape index (κ1) is 20.8. The van der Waals surface area contributed by atoms with E-state index >= 15 is 0 Å². The van der Waals surface area contributed by atoms with Crippen LogP contribution in [0.2, 0.25) is 0 Å². The topological polar surface area (TPSA) is 102 Å². The van der Waals surface area contributed by atoms with Crippen LogP contribution < -0.4 is 14.8 Å². The summed E-state index contributed by atoms with van der Waals surface area (Å²) in [5, 5.41) is 3.05. The third-order valence-electron chi connectivity index (χ3n) is 6.37. The molecule has 2 heterocycles. The molecule has 1 saturated carbocycles. The number of benzene rings is 2. The molecule has 2 amide bonds. The van der Waals surface area contributed by atoms with Gasteiger partial charge < -0.3 is 14.8 Å². The number of amides is 2. The highest BCUT2D eigenvalue weighted by atomic mass is 32.2. The number of nitrogens with zero attached hydrogens (tertiary/aromatic N) is 1. The van der Waals surface area contributed by atoms with Gasteiger partial charge in [0.25, 0.3) is 5.91 Å². The maximum Gasteiger partial charge on any atom is 0.268 e. The maximum atomic E-state index is 13.1. The molecule has 1 aliphatic carbocycles. The number of carbonyl (C=O) groups is 2. The van der Waals surface area contributed by atoms with Crippen molar-refractivity contribution in [1.82, 2.24) is 9.62 Å². The largest absolute Gasteiger partial charge is 0.486 e. The number of nitrogens with one attached hydrogen (secondary N) is 1. The van der Waals surface area contributed by atoms with Gasteiger partial charge in [0.05, 0.1) is 11.3 Å². The Kier molecular flexibility index (Phi) is 5.08. The van der Waals surface area contributed by atoms with Crippen LogP contribution in [0.1, 0.15) is 47.2 Å². The predicted octanol–water partition coefficient (Wildman–Crippen LogP) is 2.33. The van der Waals surface area contributed by atoms with Crippen molar-refractivity contribution in [3.8, 4) is 11.5 Å². The van der Waals surface area contributed by atoms with Crippen LogP contribution in [0.25, 0.3) is 0 Å². The van der Waals surface area contributed by atoms with E-state index in [2.05, 4.69) is 5.32 Å². The standard InChI is InChI=1S/C23H24N2O6S/c26-21(14-25-22(27)18-6-2-1-5-16(18)15-32(25,28)29)24-23(9-3-4-10-23)17-7-8-19-20(13-17)31-12-11-30-19/h1-2,5-8,13H,3-4,9-12,14-15H2,(H,24,26). The van der Waals surface area contributed by atoms with Gasteiger partial charge in [-0.2, -0.15) is 0 Å². The summed E-state index contributed by atoms with van der Waals surface area (Å²) in [6.45, 7) is 0.420. The first-order chi connectivity index (χ1) is 15.4. The molecule has 1 N–H and O–H groups in total. The molecule has 168 valence electrons. The molecule has 0 unspecified atom stereocenters. The lowest BCUT2D eigenvalue weighted by Crippen LogP contribution is -2.51. The quantitative estimate of drug-likeness (QED) is 0.758. The first-order valence-electron chi connectivity index (χ1n) is 10.7. The summed E-state index contributed by atoms with van der Waals surface area (Å²) in [6.07, 6.45) is 3.32. The fraction of sp³-hybridized carbons (Fsp3) is 0.391. The van der Waals surface area contributed by atoms with Crippen molar-refractivity contribution < 1.29 is 27.5 Å². The normalized spacial score (nSPS) is 20.5. The molecule has 0 atom stereocenters. The molecule has 9 heteroatoms. The summed E-state index contributed by atoms with van der Waals surface area (Å²) in [6, 6.07) is 12.2. The summed E-state index contributed by atoms with van der Waals surface area (Å²) in [4.78, 5) is 25.9. The zero-order chi connectivity index (χ0) is 22.3. The van der Waals surface area contributed by atoms with Crippen LogP contribution in [0.15, 0.2) is 42.5 Å². The summed E-state index contributed by atoms with van der Waals surface area (Å²) in [7, 11) is -3.92. The molecule has 5 rings (SSSR count). The van der Waals surface area contributed by atoms with E-state index in [0.717, 1.165) is 31.2 Å². The highest BCUT2D eigenvalue weighted by Crippen LogP contribution is 2.42. The van der Waals surface area contributed by atoms with Crippen molar-refractivity contribution in [2.75, 3.05) is 19.8 Å². The minimum absolute atomic E-state index is 0.296. The lowest BCUT2D eigenvalue weighted by molar-refractivity contribution is -0.123. The molecule has 0 spiro atoms. The van der Waals surface area contributed by atoms with Crippen LogP contribution in [0.4, 0.5) is 0 Å². The van der Waals surface area contributed by atoms with Crippen LogP contribution in [0.3, 0.4) is 0 Å². The highest BCUT2D eigenvalue weighted by molar-refractivity contribution is 7.89. The average molecular weight is 457 g/mol. The summed E-state index contributed by atoms with van der Waals surface area (Å²) < 4.78 is 37.5. The Hall–Kier alpha value is -3.07. The number of fused-ring (bicyclic) bond motifs is 2. The smallest absolute Gasteiger partial charge is 0.268 e. The van der Waals surface area contributed by atoms with Crippen LogP contribution in [0, 0.1) is 0 Å². The molecular formula is C23H24N2O6S. The van der Waals surface area contributed by atoms with Gasteiger partial charge in [-0.05, 0) is 42.2 Å². The van der Waals surface area contributed by atoms with Gasteiger partial charge in [-0.3, -0.25) is 9.59 Å². The van der Waals surface area contributed by atoms with E-state index in [1.807, 2.05) is 18.2 Å². The monoisotopic (exact) mass is 456 g/mol. The number of ether oxygens (including phenoxy) is 2. The number of carbonyl (C=O) groups excluding carboxylic acids is 2. The third kappa shape index (κ3) is 3.60. The second kappa shape index (κ2) is 7.81. The molecule has 2 aromatic carbocycles. The van der Waals surface area contributed by atoms with E-state index in [9.17, 15) is 18.0 Å². The van der Waals surface area contributed by atoms with Crippen molar-refractivity contribution in [1.29, 1.82) is 0 Å². The number of sulfonamides is 1. The fourth-order valence-electron chi connectivity index (χ4n) is 4.80. The van der Waals surface area contributed by atoms with Gasteiger partial charge in [0.1, 0.15) is 19.8 Å². The predicted molar refractivity (Wildman–Crippen MR) is 116 cm³/mol. The highest BCUT2D eigenvalue weighted by Gasteiger charge is 2.41. The van der Waals surface area contributed by atoms with Gasteiger partial charge in [0, 0.05) is 5.56 Å². The zero-order valence-electron chi connectivity index (χ0n) is 17.5. The first-order valence-corrected chi connectivity index (χ1v) is 12.3.